The van der Waals surface area contributed by atoms with Crippen LogP contribution in [0.4, 0.5) is 0 Å². The van der Waals surface area contributed by atoms with Crippen molar-refractivity contribution in [2.75, 3.05) is 0 Å². The fourth-order valence-corrected chi connectivity index (χ4v) is 5.52. The molecule has 1 atom stereocenters. The van der Waals surface area contributed by atoms with Crippen molar-refractivity contribution in [3.05, 3.63) is 87.5 Å². The maximum Gasteiger partial charge on any atom is 0.118 e. The molecule has 0 spiro atoms. The highest BCUT2D eigenvalue weighted by Gasteiger charge is 2.42. The molecule has 3 aromatic carbocycles. The van der Waals surface area contributed by atoms with Crippen molar-refractivity contribution < 1.29 is 5.11 Å². The molecule has 1 aliphatic carbocycles. The lowest BCUT2D eigenvalue weighted by molar-refractivity contribution is 0.0190. The number of benzene rings is 3. The van der Waals surface area contributed by atoms with Crippen molar-refractivity contribution in [1.82, 2.24) is 10.2 Å². The predicted molar refractivity (Wildman–Crippen MR) is 128 cm³/mol. The van der Waals surface area contributed by atoms with Gasteiger partial charge in [-0.15, -0.1) is 0 Å². The fraction of sp³-hybridized carbons (Fsp3) is 0.269. The Morgan fingerprint density at radius 2 is 1.58 bits per heavy atom. The van der Waals surface area contributed by atoms with Gasteiger partial charge in [-0.2, -0.15) is 5.10 Å². The number of halogens is 2. The van der Waals surface area contributed by atoms with E-state index < -0.39 is 5.60 Å². The highest BCUT2D eigenvalue weighted by atomic mass is 35.5. The molecule has 4 aromatic rings. The van der Waals surface area contributed by atoms with E-state index in [1.807, 2.05) is 24.4 Å². The number of hydrogen-bond acceptors (Lipinski definition) is 2. The molecule has 0 bridgehead atoms. The lowest BCUT2D eigenvalue weighted by atomic mass is 9.74. The Kier molecular flexibility index (Phi) is 5.29. The summed E-state index contributed by atoms with van der Waals surface area (Å²) in [7, 11) is 0. The van der Waals surface area contributed by atoms with E-state index in [0.717, 1.165) is 58.8 Å². The Bertz CT molecular complexity index is 1220. The zero-order valence-corrected chi connectivity index (χ0v) is 18.8. The van der Waals surface area contributed by atoms with Crippen LogP contribution < -0.4 is 0 Å². The van der Waals surface area contributed by atoms with Crippen molar-refractivity contribution in [3.63, 3.8) is 0 Å². The average molecular weight is 451 g/mol. The van der Waals surface area contributed by atoms with Gasteiger partial charge >= 0.3 is 0 Å². The number of fused-ring (bicyclic) bond motifs is 1. The van der Waals surface area contributed by atoms with Crippen LogP contribution in [0.2, 0.25) is 10.0 Å². The monoisotopic (exact) mass is 450 g/mol. The van der Waals surface area contributed by atoms with E-state index in [-0.39, 0.29) is 5.92 Å². The maximum atomic E-state index is 12.4. The van der Waals surface area contributed by atoms with E-state index in [1.54, 1.807) is 6.07 Å². The average Bonchev–Trinajstić information content (AvgIpc) is 3.44. The zero-order valence-electron chi connectivity index (χ0n) is 17.3. The molecule has 1 aromatic heterocycles. The van der Waals surface area contributed by atoms with Gasteiger partial charge in [0.15, 0.2) is 0 Å². The number of aryl methyl sites for hydroxylation is 1. The molecule has 3 nitrogen and oxygen atoms in total. The number of H-pyrrole nitrogens is 1. The van der Waals surface area contributed by atoms with Crippen LogP contribution in [0.3, 0.4) is 0 Å². The molecular weight excluding hydrogens is 427 g/mol. The number of aromatic amines is 1. The number of rotatable bonds is 4. The molecule has 0 radical (unpaired) electrons. The molecule has 1 unspecified atom stereocenters. The van der Waals surface area contributed by atoms with Crippen LogP contribution in [-0.2, 0) is 5.60 Å². The van der Waals surface area contributed by atoms with Crippen LogP contribution in [0.5, 0.6) is 0 Å². The highest BCUT2D eigenvalue weighted by molar-refractivity contribution is 6.34. The van der Waals surface area contributed by atoms with E-state index in [0.29, 0.717) is 10.0 Å². The van der Waals surface area contributed by atoms with Gasteiger partial charge in [0.1, 0.15) is 5.60 Å². The van der Waals surface area contributed by atoms with Crippen molar-refractivity contribution >= 4 is 34.1 Å². The van der Waals surface area contributed by atoms with Gasteiger partial charge < -0.3 is 5.11 Å². The number of nitrogens with zero attached hydrogens (tertiary/aromatic N) is 1. The summed E-state index contributed by atoms with van der Waals surface area (Å²) in [5.41, 5.74) is 4.68. The molecule has 1 aliphatic rings. The first-order valence-electron chi connectivity index (χ1n) is 10.7. The molecule has 0 saturated heterocycles. The normalized spacial score (nSPS) is 16.6. The minimum atomic E-state index is -1.18. The summed E-state index contributed by atoms with van der Waals surface area (Å²) in [6.45, 7) is 2.08. The fourth-order valence-electron chi connectivity index (χ4n) is 4.99. The quantitative estimate of drug-likeness (QED) is 0.343. The van der Waals surface area contributed by atoms with E-state index >= 15 is 0 Å². The third kappa shape index (κ3) is 3.65. The molecule has 1 saturated carbocycles. The molecule has 5 rings (SSSR count). The summed E-state index contributed by atoms with van der Waals surface area (Å²) >= 11 is 12.7. The van der Waals surface area contributed by atoms with Crippen LogP contribution in [0.1, 0.15) is 42.4 Å². The summed E-state index contributed by atoms with van der Waals surface area (Å²) in [5, 5.41) is 21.8. The topological polar surface area (TPSA) is 48.9 Å². The molecule has 2 N–H and O–H groups in total. The van der Waals surface area contributed by atoms with Gasteiger partial charge in [0.2, 0.25) is 0 Å². The van der Waals surface area contributed by atoms with Crippen LogP contribution in [0.15, 0.2) is 60.8 Å². The predicted octanol–water partition coefficient (Wildman–Crippen LogP) is 7.27. The summed E-state index contributed by atoms with van der Waals surface area (Å²) in [5.74, 6) is 0.0947. The van der Waals surface area contributed by atoms with Gasteiger partial charge in [0.25, 0.3) is 0 Å². The Morgan fingerprint density at radius 3 is 2.26 bits per heavy atom. The Morgan fingerprint density at radius 1 is 0.935 bits per heavy atom. The number of aromatic nitrogens is 2. The molecule has 0 aliphatic heterocycles. The number of nitrogens with one attached hydrogen (secondary N) is 1. The second-order valence-corrected chi connectivity index (χ2v) is 9.50. The van der Waals surface area contributed by atoms with Gasteiger partial charge in [-0.05, 0) is 72.7 Å². The smallest absolute Gasteiger partial charge is 0.118 e. The molecule has 158 valence electrons. The Hall–Kier alpha value is -2.33. The lowest BCUT2D eigenvalue weighted by Gasteiger charge is -2.36. The molecule has 1 heterocycles. The minimum absolute atomic E-state index is 0.0947. The van der Waals surface area contributed by atoms with Crippen molar-refractivity contribution in [1.29, 1.82) is 0 Å². The zero-order chi connectivity index (χ0) is 21.6. The van der Waals surface area contributed by atoms with Gasteiger partial charge in [0, 0.05) is 21.0 Å². The van der Waals surface area contributed by atoms with Crippen LogP contribution in [-0.4, -0.2) is 15.3 Å². The van der Waals surface area contributed by atoms with E-state index in [2.05, 4.69) is 47.5 Å². The van der Waals surface area contributed by atoms with Gasteiger partial charge in [0.05, 0.1) is 11.7 Å². The van der Waals surface area contributed by atoms with E-state index in [1.165, 1.54) is 5.56 Å². The largest absolute Gasteiger partial charge is 0.380 e. The first kappa shape index (κ1) is 20.6. The second-order valence-electron chi connectivity index (χ2n) is 8.63. The van der Waals surface area contributed by atoms with E-state index in [9.17, 15) is 5.11 Å². The SMILES string of the molecule is Cc1ccc(-c2cc(C(O)(c3cc(Cl)cc(Cl)c3)C3CCCC3)cc3cn[nH]c23)cc1. The lowest BCUT2D eigenvalue weighted by Crippen LogP contribution is -2.35. The van der Waals surface area contributed by atoms with Crippen LogP contribution >= 0.6 is 23.2 Å². The third-order valence-corrected chi connectivity index (χ3v) is 7.04. The Balaban J connectivity index is 1.76. The molecule has 0 amide bonds. The first-order chi connectivity index (χ1) is 14.9. The first-order valence-corrected chi connectivity index (χ1v) is 11.4. The summed E-state index contributed by atoms with van der Waals surface area (Å²) in [6.07, 6.45) is 5.96. The molecule has 31 heavy (non-hydrogen) atoms. The summed E-state index contributed by atoms with van der Waals surface area (Å²) in [6, 6.07) is 18.0. The van der Waals surface area contributed by atoms with E-state index in [4.69, 9.17) is 23.2 Å². The minimum Gasteiger partial charge on any atom is -0.380 e. The van der Waals surface area contributed by atoms with Crippen molar-refractivity contribution in [2.45, 2.75) is 38.2 Å². The summed E-state index contributed by atoms with van der Waals surface area (Å²) in [4.78, 5) is 0. The molecule has 1 fully saturated rings. The third-order valence-electron chi connectivity index (χ3n) is 6.60. The standard InChI is InChI=1S/C26H24Cl2N2O/c1-16-6-8-17(9-7-16)24-13-20(10-18-15-29-30-25(18)24)26(31,19-4-2-3-5-19)21-11-22(27)14-23(28)12-21/h6-15,19,31H,2-5H2,1H3,(H,29,30). The molecular formula is C26H24Cl2N2O. The van der Waals surface area contributed by atoms with Gasteiger partial charge in [-0.1, -0.05) is 65.9 Å². The maximum absolute atomic E-state index is 12.4. The van der Waals surface area contributed by atoms with Gasteiger partial charge in [-0.3, -0.25) is 5.10 Å². The summed E-state index contributed by atoms with van der Waals surface area (Å²) < 4.78 is 0. The highest BCUT2D eigenvalue weighted by Crippen LogP contribution is 2.47. The molecule has 5 heteroatoms. The second kappa shape index (κ2) is 7.98. The van der Waals surface area contributed by atoms with Crippen LogP contribution in [0, 0.1) is 12.8 Å². The Labute approximate surface area is 192 Å². The van der Waals surface area contributed by atoms with Crippen molar-refractivity contribution in [2.24, 2.45) is 5.92 Å². The number of hydrogen-bond donors (Lipinski definition) is 2. The number of aliphatic hydroxyl groups is 1. The van der Waals surface area contributed by atoms with Crippen molar-refractivity contribution in [3.8, 4) is 11.1 Å². The van der Waals surface area contributed by atoms with Crippen LogP contribution in [0.25, 0.3) is 22.0 Å². The van der Waals surface area contributed by atoms with Gasteiger partial charge in [-0.25, -0.2) is 0 Å².